The van der Waals surface area contributed by atoms with Gasteiger partial charge >= 0.3 is 0 Å². The van der Waals surface area contributed by atoms with E-state index in [0.717, 1.165) is 54.5 Å². The van der Waals surface area contributed by atoms with Gasteiger partial charge in [0.25, 0.3) is 11.8 Å². The number of carbonyl (C=O) groups excluding carboxylic acids is 2. The molecule has 3 aliphatic heterocycles. The van der Waals surface area contributed by atoms with E-state index in [9.17, 15) is 13.8 Å². The third kappa shape index (κ3) is 6.61. The van der Waals surface area contributed by atoms with Gasteiger partial charge in [-0.15, -0.1) is 4.36 Å². The van der Waals surface area contributed by atoms with Crippen molar-refractivity contribution in [1.29, 1.82) is 0 Å². The summed E-state index contributed by atoms with van der Waals surface area (Å²) in [4.78, 5) is 30.2. The molecule has 0 radical (unpaired) electrons. The number of ether oxygens (including phenoxy) is 3. The molecule has 6 aliphatic rings. The normalized spacial score (nSPS) is 33.8. The quantitative estimate of drug-likeness (QED) is 0.289. The molecule has 9 rings (SSSR count). The van der Waals surface area contributed by atoms with Gasteiger partial charge in [-0.1, -0.05) is 36.7 Å². The van der Waals surface area contributed by atoms with Crippen LogP contribution in [0, 0.1) is 23.7 Å². The highest BCUT2D eigenvalue weighted by Crippen LogP contribution is 2.61. The van der Waals surface area contributed by atoms with Crippen LogP contribution in [0.2, 0.25) is 5.02 Å². The minimum Gasteiger partial charge on any atom is -0.490 e. The lowest BCUT2D eigenvalue weighted by atomic mass is 9.68. The molecule has 1 spiro atoms. The second-order valence-corrected chi connectivity index (χ2v) is 18.7. The summed E-state index contributed by atoms with van der Waals surface area (Å²) in [6.07, 6.45) is 10.9. The standard InChI is InChI=1S/C41H47ClN4O6S/c1-25-4-3-5-37(50-2)32-9-6-27(32)19-46-23-41(18-28-15-33(28)34-17-30(42)8-10-35(34)41)24-52-38-11-7-26(16-36(38)46)39(47)43-53(49,22-25)44-40(48)29-14-31-21-51-13-12-45(31)20-29/h3,5,7-8,10-11,14,16-17,20,25,27-28,32-33,37H,4,6,9,12-13,15,18-19,21-24H2,1-2H3,(H,43,44,47,48,49)/b5-3+/t25-,27-,28-,32+,33-,37-,41-,53?/m0/s1. The van der Waals surface area contributed by atoms with Crippen LogP contribution < -0.4 is 14.4 Å². The number of aromatic nitrogens is 1. The van der Waals surface area contributed by atoms with Crippen LogP contribution in [0.1, 0.15) is 82.5 Å². The highest BCUT2D eigenvalue weighted by atomic mass is 35.5. The van der Waals surface area contributed by atoms with Gasteiger partial charge in [0.15, 0.2) is 0 Å². The average Bonchev–Trinajstić information content (AvgIpc) is 3.80. The molecule has 1 unspecified atom stereocenters. The second kappa shape index (κ2) is 13.6. The highest BCUT2D eigenvalue weighted by Gasteiger charge is 2.54. The molecule has 280 valence electrons. The van der Waals surface area contributed by atoms with Gasteiger partial charge in [0, 0.05) is 54.6 Å². The molecule has 1 aromatic heterocycles. The molecule has 12 heteroatoms. The first-order valence-electron chi connectivity index (χ1n) is 19.0. The van der Waals surface area contributed by atoms with E-state index in [4.69, 9.17) is 25.8 Å². The molecule has 8 atom stereocenters. The summed E-state index contributed by atoms with van der Waals surface area (Å²) in [6, 6.07) is 13.5. The second-order valence-electron chi connectivity index (χ2n) is 16.2. The number of carbonyl (C=O) groups is 2. The Morgan fingerprint density at radius 1 is 1.15 bits per heavy atom. The fourth-order valence-electron chi connectivity index (χ4n) is 9.64. The minimum absolute atomic E-state index is 0.0173. The van der Waals surface area contributed by atoms with Crippen molar-refractivity contribution in [3.05, 3.63) is 93.8 Å². The number of rotatable bonds is 3. The third-order valence-corrected chi connectivity index (χ3v) is 14.8. The van der Waals surface area contributed by atoms with E-state index in [1.165, 1.54) is 17.5 Å². The van der Waals surface area contributed by atoms with Gasteiger partial charge < -0.3 is 23.7 Å². The van der Waals surface area contributed by atoms with Gasteiger partial charge in [-0.3, -0.25) is 14.3 Å². The van der Waals surface area contributed by atoms with Crippen LogP contribution in [0.15, 0.2) is 65.2 Å². The van der Waals surface area contributed by atoms with Crippen LogP contribution in [-0.2, 0) is 38.0 Å². The minimum atomic E-state index is -3.53. The van der Waals surface area contributed by atoms with Crippen LogP contribution in [-0.4, -0.2) is 65.9 Å². The molecule has 3 aromatic rings. The Morgan fingerprint density at radius 3 is 2.85 bits per heavy atom. The molecule has 0 saturated heterocycles. The number of benzene rings is 2. The van der Waals surface area contributed by atoms with Crippen LogP contribution in [0.4, 0.5) is 5.69 Å². The zero-order valence-electron chi connectivity index (χ0n) is 30.3. The van der Waals surface area contributed by atoms with Gasteiger partial charge in [0.2, 0.25) is 0 Å². The predicted molar refractivity (Wildman–Crippen MR) is 204 cm³/mol. The van der Waals surface area contributed by atoms with Crippen molar-refractivity contribution in [3.63, 3.8) is 0 Å². The van der Waals surface area contributed by atoms with Crippen molar-refractivity contribution >= 4 is 39.0 Å². The lowest BCUT2D eigenvalue weighted by molar-refractivity contribution is 0.0131. The predicted octanol–water partition coefficient (Wildman–Crippen LogP) is 6.91. The molecule has 2 fully saturated rings. The van der Waals surface area contributed by atoms with Crippen molar-refractivity contribution in [3.8, 4) is 5.75 Å². The van der Waals surface area contributed by atoms with E-state index in [-0.39, 0.29) is 23.2 Å². The van der Waals surface area contributed by atoms with E-state index in [1.54, 1.807) is 25.4 Å². The Hall–Kier alpha value is -3.64. The molecule has 3 aliphatic carbocycles. The highest BCUT2D eigenvalue weighted by molar-refractivity contribution is 7.92. The summed E-state index contributed by atoms with van der Waals surface area (Å²) in [5.41, 5.74) is 4.80. The lowest BCUT2D eigenvalue weighted by Crippen LogP contribution is -2.49. The number of anilines is 1. The van der Waals surface area contributed by atoms with Gasteiger partial charge in [0.1, 0.15) is 15.7 Å². The Morgan fingerprint density at radius 2 is 2.04 bits per heavy atom. The van der Waals surface area contributed by atoms with E-state index in [0.29, 0.717) is 67.6 Å². The average molecular weight is 759 g/mol. The number of halogens is 1. The first-order valence-corrected chi connectivity index (χ1v) is 21.1. The fourth-order valence-corrected chi connectivity index (χ4v) is 11.7. The van der Waals surface area contributed by atoms with Crippen LogP contribution in [0.25, 0.3) is 0 Å². The number of hydrogen-bond donors (Lipinski definition) is 1. The van der Waals surface area contributed by atoms with Gasteiger partial charge in [-0.25, -0.2) is 4.21 Å². The molecule has 4 heterocycles. The molecular weight excluding hydrogens is 712 g/mol. The Kier molecular flexibility index (Phi) is 8.99. The summed E-state index contributed by atoms with van der Waals surface area (Å²) in [5.74, 6) is 1.33. The number of allylic oxidation sites excluding steroid dienone is 1. The molecule has 2 bridgehead atoms. The zero-order chi connectivity index (χ0) is 36.5. The smallest absolute Gasteiger partial charge is 0.286 e. The Labute approximate surface area is 316 Å². The summed E-state index contributed by atoms with van der Waals surface area (Å²) in [7, 11) is -1.75. The van der Waals surface area contributed by atoms with E-state index < -0.39 is 21.7 Å². The lowest BCUT2D eigenvalue weighted by Gasteiger charge is -2.46. The third-order valence-electron chi connectivity index (χ3n) is 12.6. The summed E-state index contributed by atoms with van der Waals surface area (Å²) >= 11 is 6.55. The van der Waals surface area contributed by atoms with Crippen LogP contribution in [0.5, 0.6) is 5.75 Å². The van der Waals surface area contributed by atoms with Crippen molar-refractivity contribution < 1.29 is 28.0 Å². The molecule has 1 N–H and O–H groups in total. The van der Waals surface area contributed by atoms with Crippen molar-refractivity contribution in [2.75, 3.05) is 44.1 Å². The van der Waals surface area contributed by atoms with Gasteiger partial charge in [-0.05, 0) is 109 Å². The molecule has 2 saturated carbocycles. The largest absolute Gasteiger partial charge is 0.490 e. The first kappa shape index (κ1) is 35.1. The van der Waals surface area contributed by atoms with Crippen LogP contribution in [0.3, 0.4) is 0 Å². The number of nitrogens with one attached hydrogen (secondary N) is 1. The number of fused-ring (bicyclic) bond motifs is 7. The number of hydrogen-bond acceptors (Lipinski definition) is 7. The molecule has 2 amide bonds. The van der Waals surface area contributed by atoms with E-state index >= 15 is 0 Å². The molecule has 10 nitrogen and oxygen atoms in total. The summed E-state index contributed by atoms with van der Waals surface area (Å²) in [6.45, 7) is 5.62. The summed E-state index contributed by atoms with van der Waals surface area (Å²) < 4.78 is 42.0. The van der Waals surface area contributed by atoms with Crippen molar-refractivity contribution in [2.45, 2.75) is 69.6 Å². The van der Waals surface area contributed by atoms with E-state index in [1.807, 2.05) is 29.7 Å². The zero-order valence-corrected chi connectivity index (χ0v) is 31.9. The number of methoxy groups -OCH3 is 1. The van der Waals surface area contributed by atoms with E-state index in [2.05, 4.69) is 38.3 Å². The van der Waals surface area contributed by atoms with Gasteiger partial charge in [-0.2, -0.15) is 0 Å². The first-order chi connectivity index (χ1) is 25.6. The van der Waals surface area contributed by atoms with Crippen molar-refractivity contribution in [1.82, 2.24) is 9.29 Å². The summed E-state index contributed by atoms with van der Waals surface area (Å²) in [5, 5.41) is 0.765. The SMILES string of the molecule is CO[C@H]1/C=C/C[C@H](C)CS(=O)(NC(=O)c2cc3n(c2)CCOC3)=NC(=O)c2ccc3c(c2)N(C[C@@H]2CC[C@H]21)C[C@]1(CO3)C[C@@H]2C[C@@H]2c2cc(Cl)ccc21. The monoisotopic (exact) mass is 758 g/mol. The fraction of sp³-hybridized carbons (Fsp3) is 0.512. The van der Waals surface area contributed by atoms with Crippen molar-refractivity contribution in [2.24, 2.45) is 28.0 Å². The Bertz CT molecular complexity index is 2100. The van der Waals surface area contributed by atoms with Gasteiger partial charge in [0.05, 0.1) is 42.9 Å². The van der Waals surface area contributed by atoms with Crippen LogP contribution >= 0.6 is 11.6 Å². The maximum absolute atomic E-state index is 14.7. The Balaban J connectivity index is 1.10. The number of nitrogens with zero attached hydrogens (tertiary/aromatic N) is 3. The maximum Gasteiger partial charge on any atom is 0.286 e. The maximum atomic E-state index is 14.7. The molecular formula is C41H47ClN4O6S. The molecule has 2 aromatic carbocycles. The number of amides is 2. The molecule has 53 heavy (non-hydrogen) atoms. The topological polar surface area (TPSA) is 111 Å².